The summed E-state index contributed by atoms with van der Waals surface area (Å²) in [4.78, 5) is 24.0. The predicted molar refractivity (Wildman–Crippen MR) is 86.6 cm³/mol. The van der Waals surface area contributed by atoms with Crippen LogP contribution in [0.15, 0.2) is 47.9 Å². The molecule has 2 amide bonds. The molecule has 5 nitrogen and oxygen atoms in total. The highest BCUT2D eigenvalue weighted by Crippen LogP contribution is 2.15. The van der Waals surface area contributed by atoms with Crippen LogP contribution in [0.25, 0.3) is 6.08 Å². The van der Waals surface area contributed by atoms with Crippen LogP contribution < -0.4 is 15.6 Å². The van der Waals surface area contributed by atoms with E-state index in [1.165, 1.54) is 17.4 Å². The Morgan fingerprint density at radius 3 is 2.64 bits per heavy atom. The van der Waals surface area contributed by atoms with Gasteiger partial charge in [-0.1, -0.05) is 17.7 Å². The standard InChI is InChI=1S/C15H13ClN2O3S/c16-11-3-5-12(6-4-11)21-10-15(20)18-17-14(19)8-7-13-2-1-9-22-13/h1-9H,10H2,(H,17,19)(H,18,20)/b8-7+. The predicted octanol–water partition coefficient (Wildman–Crippen LogP) is 2.64. The van der Waals surface area contributed by atoms with Crippen molar-refractivity contribution in [2.75, 3.05) is 6.61 Å². The lowest BCUT2D eigenvalue weighted by Gasteiger charge is -2.07. The SMILES string of the molecule is O=C(/C=C/c1cccs1)NNC(=O)COc1ccc(Cl)cc1. The number of hydrogen-bond donors (Lipinski definition) is 2. The number of halogens is 1. The summed E-state index contributed by atoms with van der Waals surface area (Å²) in [6.45, 7) is -0.212. The highest BCUT2D eigenvalue weighted by atomic mass is 35.5. The van der Waals surface area contributed by atoms with Crippen LogP contribution in [0.3, 0.4) is 0 Å². The first-order valence-corrected chi connectivity index (χ1v) is 7.58. The molecule has 0 fully saturated rings. The van der Waals surface area contributed by atoms with Gasteiger partial charge in [0.05, 0.1) is 0 Å². The summed E-state index contributed by atoms with van der Waals surface area (Å²) in [6, 6.07) is 10.4. The topological polar surface area (TPSA) is 67.4 Å². The van der Waals surface area contributed by atoms with Crippen molar-refractivity contribution in [1.29, 1.82) is 0 Å². The molecule has 0 spiro atoms. The number of nitrogens with one attached hydrogen (secondary N) is 2. The molecule has 2 N–H and O–H groups in total. The van der Waals surface area contributed by atoms with E-state index in [1.54, 1.807) is 30.3 Å². The molecule has 0 aliphatic heterocycles. The Balaban J connectivity index is 1.68. The minimum absolute atomic E-state index is 0.212. The lowest BCUT2D eigenvalue weighted by Crippen LogP contribution is -2.43. The van der Waals surface area contributed by atoms with Gasteiger partial charge < -0.3 is 4.74 Å². The summed E-state index contributed by atoms with van der Waals surface area (Å²) in [7, 11) is 0. The van der Waals surface area contributed by atoms with Crippen LogP contribution >= 0.6 is 22.9 Å². The molecule has 2 aromatic rings. The normalized spacial score (nSPS) is 10.4. The van der Waals surface area contributed by atoms with Gasteiger partial charge in [-0.05, 0) is 41.8 Å². The summed E-state index contributed by atoms with van der Waals surface area (Å²) in [5, 5.41) is 2.49. The van der Waals surface area contributed by atoms with Crippen LogP contribution in [-0.2, 0) is 9.59 Å². The molecule has 0 aliphatic carbocycles. The number of ether oxygens (including phenoxy) is 1. The molecule has 0 unspecified atom stereocenters. The molecule has 114 valence electrons. The second-order valence-corrected chi connectivity index (χ2v) is 5.54. The Morgan fingerprint density at radius 2 is 1.95 bits per heavy atom. The highest BCUT2D eigenvalue weighted by Gasteiger charge is 2.03. The third-order valence-electron chi connectivity index (χ3n) is 2.45. The van der Waals surface area contributed by atoms with E-state index in [9.17, 15) is 9.59 Å². The maximum atomic E-state index is 11.5. The smallest absolute Gasteiger partial charge is 0.276 e. The second-order valence-electron chi connectivity index (χ2n) is 4.13. The molecule has 0 radical (unpaired) electrons. The lowest BCUT2D eigenvalue weighted by molar-refractivity contribution is -0.128. The van der Waals surface area contributed by atoms with Gasteiger partial charge in [-0.3, -0.25) is 20.4 Å². The van der Waals surface area contributed by atoms with Crippen LogP contribution in [0.2, 0.25) is 5.02 Å². The molecule has 1 aromatic carbocycles. The van der Waals surface area contributed by atoms with E-state index >= 15 is 0 Å². The van der Waals surface area contributed by atoms with E-state index in [4.69, 9.17) is 16.3 Å². The van der Waals surface area contributed by atoms with Crippen molar-refractivity contribution in [3.63, 3.8) is 0 Å². The second kappa shape index (κ2) is 8.21. The number of amides is 2. The van der Waals surface area contributed by atoms with Crippen molar-refractivity contribution in [2.45, 2.75) is 0 Å². The van der Waals surface area contributed by atoms with Crippen molar-refractivity contribution in [3.05, 3.63) is 57.8 Å². The van der Waals surface area contributed by atoms with Crippen LogP contribution in [0, 0.1) is 0 Å². The summed E-state index contributed by atoms with van der Waals surface area (Å²) in [5.74, 6) is -0.371. The molecule has 0 saturated heterocycles. The van der Waals surface area contributed by atoms with Crippen molar-refractivity contribution in [3.8, 4) is 5.75 Å². The summed E-state index contributed by atoms with van der Waals surface area (Å²) in [6.07, 6.45) is 3.00. The fourth-order valence-corrected chi connectivity index (χ4v) is 2.18. The summed E-state index contributed by atoms with van der Waals surface area (Å²) >= 11 is 7.25. The molecule has 0 saturated carbocycles. The monoisotopic (exact) mass is 336 g/mol. The van der Waals surface area contributed by atoms with Gasteiger partial charge in [0.2, 0.25) is 0 Å². The number of carbonyl (C=O) groups is 2. The maximum absolute atomic E-state index is 11.5. The number of carbonyl (C=O) groups excluding carboxylic acids is 2. The largest absolute Gasteiger partial charge is 0.484 e. The molecule has 22 heavy (non-hydrogen) atoms. The van der Waals surface area contributed by atoms with Crippen LogP contribution in [0.5, 0.6) is 5.75 Å². The number of benzene rings is 1. The molecular weight excluding hydrogens is 324 g/mol. The van der Waals surface area contributed by atoms with Crippen molar-refractivity contribution >= 4 is 40.8 Å². The van der Waals surface area contributed by atoms with Gasteiger partial charge in [-0.15, -0.1) is 11.3 Å². The van der Waals surface area contributed by atoms with Gasteiger partial charge in [0.1, 0.15) is 5.75 Å². The molecule has 0 atom stereocenters. The summed E-state index contributed by atoms with van der Waals surface area (Å²) in [5.41, 5.74) is 4.53. The molecule has 1 aromatic heterocycles. The van der Waals surface area contributed by atoms with E-state index in [2.05, 4.69) is 10.9 Å². The van der Waals surface area contributed by atoms with Crippen molar-refractivity contribution in [1.82, 2.24) is 10.9 Å². The van der Waals surface area contributed by atoms with Crippen LogP contribution in [0.4, 0.5) is 0 Å². The van der Waals surface area contributed by atoms with E-state index in [0.29, 0.717) is 10.8 Å². The zero-order valence-electron chi connectivity index (χ0n) is 11.4. The van der Waals surface area contributed by atoms with Gasteiger partial charge in [-0.2, -0.15) is 0 Å². The number of hydrazine groups is 1. The van der Waals surface area contributed by atoms with E-state index in [1.807, 2.05) is 17.5 Å². The average Bonchev–Trinajstić information content (AvgIpc) is 3.04. The van der Waals surface area contributed by atoms with Gasteiger partial charge in [0.25, 0.3) is 11.8 Å². The lowest BCUT2D eigenvalue weighted by atomic mass is 10.3. The molecular formula is C15H13ClN2O3S. The molecule has 0 bridgehead atoms. The fourth-order valence-electron chi connectivity index (χ4n) is 1.43. The Morgan fingerprint density at radius 1 is 1.18 bits per heavy atom. The number of rotatable bonds is 5. The molecule has 0 aliphatic rings. The number of hydrogen-bond acceptors (Lipinski definition) is 4. The Labute approximate surface area is 136 Å². The summed E-state index contributed by atoms with van der Waals surface area (Å²) < 4.78 is 5.24. The zero-order chi connectivity index (χ0) is 15.8. The Kier molecular flexibility index (Phi) is 6.00. The van der Waals surface area contributed by atoms with Gasteiger partial charge >= 0.3 is 0 Å². The highest BCUT2D eigenvalue weighted by molar-refractivity contribution is 7.10. The van der Waals surface area contributed by atoms with Gasteiger partial charge in [-0.25, -0.2) is 0 Å². The maximum Gasteiger partial charge on any atom is 0.276 e. The van der Waals surface area contributed by atoms with E-state index < -0.39 is 11.8 Å². The average molecular weight is 337 g/mol. The van der Waals surface area contributed by atoms with Gasteiger partial charge in [0, 0.05) is 16.0 Å². The van der Waals surface area contributed by atoms with Crippen LogP contribution in [0.1, 0.15) is 4.88 Å². The zero-order valence-corrected chi connectivity index (χ0v) is 13.0. The first-order valence-electron chi connectivity index (χ1n) is 6.32. The molecule has 1 heterocycles. The number of thiophene rings is 1. The minimum atomic E-state index is -0.465. The Bertz CT molecular complexity index is 654. The molecule has 7 heteroatoms. The third-order valence-corrected chi connectivity index (χ3v) is 3.54. The van der Waals surface area contributed by atoms with E-state index in [0.717, 1.165) is 4.88 Å². The third kappa shape index (κ3) is 5.59. The Hall–Kier alpha value is -2.31. The minimum Gasteiger partial charge on any atom is -0.484 e. The fraction of sp³-hybridized carbons (Fsp3) is 0.0667. The first-order chi connectivity index (χ1) is 10.6. The molecule has 2 rings (SSSR count). The first kappa shape index (κ1) is 16.1. The van der Waals surface area contributed by atoms with E-state index in [-0.39, 0.29) is 6.61 Å². The van der Waals surface area contributed by atoms with Crippen LogP contribution in [-0.4, -0.2) is 18.4 Å². The van der Waals surface area contributed by atoms with Crippen molar-refractivity contribution in [2.24, 2.45) is 0 Å². The van der Waals surface area contributed by atoms with Crippen molar-refractivity contribution < 1.29 is 14.3 Å². The van der Waals surface area contributed by atoms with Gasteiger partial charge in [0.15, 0.2) is 6.61 Å². The quantitative estimate of drug-likeness (QED) is 0.651.